The Bertz CT molecular complexity index is 451. The van der Waals surface area contributed by atoms with E-state index in [1.165, 1.54) is 35.0 Å². The molecule has 0 aliphatic carbocycles. The van der Waals surface area contributed by atoms with E-state index in [1.54, 1.807) is 0 Å². The minimum atomic E-state index is 1.18. The standard InChI is InChI=1S/C13H17N/c1-4-5-11-6-7-13-12(9-11)8-10(2)14(13)3/h6-9H,4-5H2,1-3H3. The van der Waals surface area contributed by atoms with Crippen molar-refractivity contribution in [2.75, 3.05) is 0 Å². The van der Waals surface area contributed by atoms with Crippen molar-refractivity contribution in [2.24, 2.45) is 7.05 Å². The zero-order valence-corrected chi connectivity index (χ0v) is 9.17. The lowest BCUT2D eigenvalue weighted by atomic mass is 10.1. The Labute approximate surface area is 85.4 Å². The largest absolute Gasteiger partial charge is 0.348 e. The van der Waals surface area contributed by atoms with Crippen LogP contribution in [0.3, 0.4) is 0 Å². The van der Waals surface area contributed by atoms with Crippen LogP contribution >= 0.6 is 0 Å². The van der Waals surface area contributed by atoms with Gasteiger partial charge in [0, 0.05) is 23.6 Å². The zero-order valence-electron chi connectivity index (χ0n) is 9.17. The number of benzene rings is 1. The van der Waals surface area contributed by atoms with Crippen molar-refractivity contribution in [1.82, 2.24) is 4.57 Å². The van der Waals surface area contributed by atoms with E-state index in [1.807, 2.05) is 0 Å². The predicted molar refractivity (Wildman–Crippen MR) is 61.7 cm³/mol. The lowest BCUT2D eigenvalue weighted by Crippen LogP contribution is -1.89. The first-order valence-corrected chi connectivity index (χ1v) is 5.27. The molecular weight excluding hydrogens is 170 g/mol. The number of rotatable bonds is 2. The number of hydrogen-bond donors (Lipinski definition) is 0. The first kappa shape index (κ1) is 9.32. The fourth-order valence-electron chi connectivity index (χ4n) is 1.98. The quantitative estimate of drug-likeness (QED) is 0.678. The second-order valence-electron chi connectivity index (χ2n) is 3.99. The van der Waals surface area contributed by atoms with Gasteiger partial charge in [-0.3, -0.25) is 0 Å². The van der Waals surface area contributed by atoms with E-state index in [4.69, 9.17) is 0 Å². The molecule has 0 spiro atoms. The number of aryl methyl sites for hydroxylation is 3. The third-order valence-corrected chi connectivity index (χ3v) is 2.89. The summed E-state index contributed by atoms with van der Waals surface area (Å²) in [6.45, 7) is 4.37. The van der Waals surface area contributed by atoms with Gasteiger partial charge in [0.1, 0.15) is 0 Å². The summed E-state index contributed by atoms with van der Waals surface area (Å²) in [6.07, 6.45) is 2.40. The van der Waals surface area contributed by atoms with Crippen LogP contribution in [0.5, 0.6) is 0 Å². The van der Waals surface area contributed by atoms with Gasteiger partial charge in [-0.15, -0.1) is 0 Å². The van der Waals surface area contributed by atoms with Gasteiger partial charge in [0.25, 0.3) is 0 Å². The van der Waals surface area contributed by atoms with Gasteiger partial charge in [-0.1, -0.05) is 19.4 Å². The predicted octanol–water partition coefficient (Wildman–Crippen LogP) is 3.44. The molecule has 0 aliphatic rings. The molecule has 0 saturated heterocycles. The Balaban J connectivity index is 2.56. The average molecular weight is 187 g/mol. The summed E-state index contributed by atoms with van der Waals surface area (Å²) < 4.78 is 2.24. The second kappa shape index (κ2) is 3.49. The molecule has 1 heterocycles. The third-order valence-electron chi connectivity index (χ3n) is 2.89. The van der Waals surface area contributed by atoms with Crippen LogP contribution in [0.15, 0.2) is 24.3 Å². The molecule has 1 aromatic heterocycles. The maximum absolute atomic E-state index is 2.31. The van der Waals surface area contributed by atoms with Crippen molar-refractivity contribution in [3.8, 4) is 0 Å². The van der Waals surface area contributed by atoms with Crippen LogP contribution in [-0.4, -0.2) is 4.57 Å². The van der Waals surface area contributed by atoms with Crippen molar-refractivity contribution in [2.45, 2.75) is 26.7 Å². The van der Waals surface area contributed by atoms with Crippen molar-refractivity contribution in [1.29, 1.82) is 0 Å². The maximum atomic E-state index is 2.31. The first-order valence-electron chi connectivity index (χ1n) is 5.27. The van der Waals surface area contributed by atoms with Crippen LogP contribution in [0.4, 0.5) is 0 Å². The van der Waals surface area contributed by atoms with Gasteiger partial charge in [-0.2, -0.15) is 0 Å². The van der Waals surface area contributed by atoms with E-state index in [0.29, 0.717) is 0 Å². The van der Waals surface area contributed by atoms with Crippen LogP contribution < -0.4 is 0 Å². The van der Waals surface area contributed by atoms with Gasteiger partial charge in [-0.25, -0.2) is 0 Å². The van der Waals surface area contributed by atoms with E-state index < -0.39 is 0 Å². The van der Waals surface area contributed by atoms with Gasteiger partial charge < -0.3 is 4.57 Å². The van der Waals surface area contributed by atoms with Crippen LogP contribution in [0.25, 0.3) is 10.9 Å². The Kier molecular flexibility index (Phi) is 2.32. The van der Waals surface area contributed by atoms with Crippen LogP contribution in [0, 0.1) is 6.92 Å². The van der Waals surface area contributed by atoms with Gasteiger partial charge >= 0.3 is 0 Å². The van der Waals surface area contributed by atoms with Crippen molar-refractivity contribution in [3.63, 3.8) is 0 Å². The summed E-state index contributed by atoms with van der Waals surface area (Å²) in [4.78, 5) is 0. The van der Waals surface area contributed by atoms with Crippen LogP contribution in [0.2, 0.25) is 0 Å². The molecule has 0 N–H and O–H groups in total. The molecule has 0 saturated carbocycles. The zero-order chi connectivity index (χ0) is 10.1. The molecule has 1 heteroatoms. The van der Waals surface area contributed by atoms with Gasteiger partial charge in [-0.05, 0) is 37.1 Å². The molecule has 0 atom stereocenters. The number of nitrogens with zero attached hydrogens (tertiary/aromatic N) is 1. The number of hydrogen-bond acceptors (Lipinski definition) is 0. The average Bonchev–Trinajstić information content (AvgIpc) is 2.43. The minimum Gasteiger partial charge on any atom is -0.348 e. The molecule has 2 rings (SSSR count). The molecule has 0 bridgehead atoms. The van der Waals surface area contributed by atoms with Gasteiger partial charge in [0.15, 0.2) is 0 Å². The molecule has 14 heavy (non-hydrogen) atoms. The molecule has 1 aromatic carbocycles. The molecular formula is C13H17N. The Morgan fingerprint density at radius 3 is 2.71 bits per heavy atom. The Hall–Kier alpha value is -1.24. The highest BCUT2D eigenvalue weighted by Crippen LogP contribution is 2.20. The fraction of sp³-hybridized carbons (Fsp3) is 0.385. The highest BCUT2D eigenvalue weighted by atomic mass is 14.9. The number of aromatic nitrogens is 1. The normalized spacial score (nSPS) is 11.1. The van der Waals surface area contributed by atoms with Gasteiger partial charge in [0.2, 0.25) is 0 Å². The van der Waals surface area contributed by atoms with Crippen LogP contribution in [-0.2, 0) is 13.5 Å². The Morgan fingerprint density at radius 2 is 2.00 bits per heavy atom. The van der Waals surface area contributed by atoms with Gasteiger partial charge in [0.05, 0.1) is 0 Å². The SMILES string of the molecule is CCCc1ccc2c(c1)cc(C)n2C. The molecule has 0 amide bonds. The molecule has 74 valence electrons. The van der Waals surface area contributed by atoms with E-state index >= 15 is 0 Å². The monoisotopic (exact) mass is 187 g/mol. The molecule has 2 aromatic rings. The summed E-state index contributed by atoms with van der Waals surface area (Å²) in [5.74, 6) is 0. The fourth-order valence-corrected chi connectivity index (χ4v) is 1.98. The summed E-state index contributed by atoms with van der Waals surface area (Å²) in [5.41, 5.74) is 4.11. The van der Waals surface area contributed by atoms with Crippen molar-refractivity contribution in [3.05, 3.63) is 35.5 Å². The lowest BCUT2D eigenvalue weighted by molar-refractivity contribution is 0.913. The highest BCUT2D eigenvalue weighted by molar-refractivity contribution is 5.81. The maximum Gasteiger partial charge on any atom is 0.0479 e. The smallest absolute Gasteiger partial charge is 0.0479 e. The molecule has 1 nitrogen and oxygen atoms in total. The van der Waals surface area contributed by atoms with E-state index in [0.717, 1.165) is 0 Å². The van der Waals surface area contributed by atoms with Crippen molar-refractivity contribution >= 4 is 10.9 Å². The number of fused-ring (bicyclic) bond motifs is 1. The summed E-state index contributed by atoms with van der Waals surface area (Å²) in [6, 6.07) is 9.04. The van der Waals surface area contributed by atoms with Crippen LogP contribution in [0.1, 0.15) is 24.6 Å². The van der Waals surface area contributed by atoms with E-state index in [9.17, 15) is 0 Å². The molecule has 0 radical (unpaired) electrons. The molecule has 0 fully saturated rings. The first-order chi connectivity index (χ1) is 6.72. The van der Waals surface area contributed by atoms with E-state index in [-0.39, 0.29) is 0 Å². The topological polar surface area (TPSA) is 4.93 Å². The van der Waals surface area contributed by atoms with Crippen molar-refractivity contribution < 1.29 is 0 Å². The Morgan fingerprint density at radius 1 is 1.21 bits per heavy atom. The second-order valence-corrected chi connectivity index (χ2v) is 3.99. The third kappa shape index (κ3) is 1.43. The van der Waals surface area contributed by atoms with E-state index in [2.05, 4.69) is 49.7 Å². The molecule has 0 aliphatic heterocycles. The highest BCUT2D eigenvalue weighted by Gasteiger charge is 2.02. The minimum absolute atomic E-state index is 1.18. The summed E-state index contributed by atoms with van der Waals surface area (Å²) in [5, 5.41) is 1.37. The lowest BCUT2D eigenvalue weighted by Gasteiger charge is -2.01. The summed E-state index contributed by atoms with van der Waals surface area (Å²) in [7, 11) is 2.12. The molecule has 0 unspecified atom stereocenters. The summed E-state index contributed by atoms with van der Waals surface area (Å²) >= 11 is 0.